The topological polar surface area (TPSA) is 75.7 Å². The van der Waals surface area contributed by atoms with Gasteiger partial charge in [0, 0.05) is 24.2 Å². The first kappa shape index (κ1) is 22.0. The summed E-state index contributed by atoms with van der Waals surface area (Å²) < 4.78 is 34.1. The number of nitrogens with one attached hydrogen (secondary N) is 1. The second kappa shape index (κ2) is 9.84. The summed E-state index contributed by atoms with van der Waals surface area (Å²) in [4.78, 5) is 12.7. The largest absolute Gasteiger partial charge is 0.376 e. The SMILES string of the molecule is Cc1ccc(S(=O)(=O)N(CC(=O)NC[C@@H]2CCCO2)Cc2ccc(Br)cc2)cc1. The fourth-order valence-corrected chi connectivity index (χ4v) is 4.78. The minimum Gasteiger partial charge on any atom is -0.376 e. The van der Waals surface area contributed by atoms with E-state index in [0.717, 1.165) is 28.4 Å². The molecule has 2 aromatic rings. The number of nitrogens with zero attached hydrogens (tertiary/aromatic N) is 1. The average Bonchev–Trinajstić information content (AvgIpc) is 3.21. The number of rotatable bonds is 8. The number of ether oxygens (including phenoxy) is 1. The average molecular weight is 481 g/mol. The number of hydrogen-bond donors (Lipinski definition) is 1. The minimum atomic E-state index is -3.83. The highest BCUT2D eigenvalue weighted by atomic mass is 79.9. The molecule has 0 unspecified atom stereocenters. The number of benzene rings is 2. The molecule has 1 heterocycles. The number of carbonyl (C=O) groups is 1. The van der Waals surface area contributed by atoms with E-state index in [0.29, 0.717) is 13.2 Å². The van der Waals surface area contributed by atoms with Gasteiger partial charge < -0.3 is 10.1 Å². The van der Waals surface area contributed by atoms with Crippen molar-refractivity contribution in [1.82, 2.24) is 9.62 Å². The molecule has 0 radical (unpaired) electrons. The van der Waals surface area contributed by atoms with Crippen molar-refractivity contribution >= 4 is 31.9 Å². The minimum absolute atomic E-state index is 0.00702. The Bertz CT molecular complexity index is 924. The number of carbonyl (C=O) groups excluding carboxylic acids is 1. The van der Waals surface area contributed by atoms with Crippen molar-refractivity contribution in [3.8, 4) is 0 Å². The van der Waals surface area contributed by atoms with Gasteiger partial charge in [0.1, 0.15) is 0 Å². The maximum atomic E-state index is 13.2. The maximum Gasteiger partial charge on any atom is 0.243 e. The molecule has 8 heteroatoms. The van der Waals surface area contributed by atoms with Crippen LogP contribution in [0.2, 0.25) is 0 Å². The van der Waals surface area contributed by atoms with Crippen LogP contribution in [0.3, 0.4) is 0 Å². The van der Waals surface area contributed by atoms with Crippen LogP contribution in [0, 0.1) is 6.92 Å². The third-order valence-electron chi connectivity index (χ3n) is 4.80. The van der Waals surface area contributed by atoms with E-state index >= 15 is 0 Å². The van der Waals surface area contributed by atoms with Crippen molar-refractivity contribution in [3.63, 3.8) is 0 Å². The fourth-order valence-electron chi connectivity index (χ4n) is 3.13. The van der Waals surface area contributed by atoms with Gasteiger partial charge in [-0.25, -0.2) is 8.42 Å². The molecule has 6 nitrogen and oxygen atoms in total. The van der Waals surface area contributed by atoms with Crippen molar-refractivity contribution in [2.75, 3.05) is 19.7 Å². The summed E-state index contributed by atoms with van der Waals surface area (Å²) in [6, 6.07) is 14.0. The van der Waals surface area contributed by atoms with Crippen LogP contribution < -0.4 is 5.32 Å². The molecule has 0 aromatic heterocycles. The molecule has 0 bridgehead atoms. The number of amides is 1. The van der Waals surface area contributed by atoms with Crippen LogP contribution in [0.5, 0.6) is 0 Å². The Morgan fingerprint density at radius 2 is 1.86 bits per heavy atom. The number of sulfonamides is 1. The number of aryl methyl sites for hydroxylation is 1. The van der Waals surface area contributed by atoms with Gasteiger partial charge in [0.2, 0.25) is 15.9 Å². The molecular weight excluding hydrogens is 456 g/mol. The summed E-state index contributed by atoms with van der Waals surface area (Å²) in [6.07, 6.45) is 1.90. The van der Waals surface area contributed by atoms with Gasteiger partial charge in [-0.15, -0.1) is 0 Å². The summed E-state index contributed by atoms with van der Waals surface area (Å²) in [7, 11) is -3.83. The maximum absolute atomic E-state index is 13.2. The van der Waals surface area contributed by atoms with Gasteiger partial charge in [-0.1, -0.05) is 45.8 Å². The van der Waals surface area contributed by atoms with Crippen molar-refractivity contribution in [2.45, 2.75) is 37.3 Å². The molecule has 1 atom stereocenters. The first-order chi connectivity index (χ1) is 13.8. The summed E-state index contributed by atoms with van der Waals surface area (Å²) in [5.41, 5.74) is 1.77. The first-order valence-corrected chi connectivity index (χ1v) is 11.8. The highest BCUT2D eigenvalue weighted by Gasteiger charge is 2.27. The zero-order chi connectivity index (χ0) is 20.9. The van der Waals surface area contributed by atoms with Crippen molar-refractivity contribution in [3.05, 3.63) is 64.1 Å². The lowest BCUT2D eigenvalue weighted by Gasteiger charge is -2.22. The lowest BCUT2D eigenvalue weighted by molar-refractivity contribution is -0.121. The zero-order valence-electron chi connectivity index (χ0n) is 16.3. The Labute approximate surface area is 180 Å². The molecule has 3 rings (SSSR count). The standard InChI is InChI=1S/C21H25BrN2O4S/c1-16-4-10-20(11-5-16)29(26,27)24(14-17-6-8-18(22)9-7-17)15-21(25)23-13-19-3-2-12-28-19/h4-11,19H,2-3,12-15H2,1H3,(H,23,25)/t19-/m0/s1. The van der Waals surface area contributed by atoms with Crippen molar-refractivity contribution < 1.29 is 17.9 Å². The molecule has 2 aromatic carbocycles. The highest BCUT2D eigenvalue weighted by Crippen LogP contribution is 2.20. The van der Waals surface area contributed by atoms with Crippen LogP contribution in [0.4, 0.5) is 0 Å². The summed E-state index contributed by atoms with van der Waals surface area (Å²) in [5, 5.41) is 2.81. The van der Waals surface area contributed by atoms with Gasteiger partial charge >= 0.3 is 0 Å². The molecule has 1 aliphatic heterocycles. The van der Waals surface area contributed by atoms with Gasteiger partial charge in [-0.05, 0) is 49.6 Å². The number of halogens is 1. The molecular formula is C21H25BrN2O4S. The Morgan fingerprint density at radius 1 is 1.17 bits per heavy atom. The Morgan fingerprint density at radius 3 is 2.48 bits per heavy atom. The van der Waals surface area contributed by atoms with E-state index in [1.165, 1.54) is 4.31 Å². The Kier molecular flexibility index (Phi) is 7.45. The van der Waals surface area contributed by atoms with Crippen LogP contribution in [0.1, 0.15) is 24.0 Å². The Balaban J connectivity index is 1.77. The van der Waals surface area contributed by atoms with E-state index in [2.05, 4.69) is 21.2 Å². The van der Waals surface area contributed by atoms with Crippen LogP contribution in [0.15, 0.2) is 57.9 Å². The predicted molar refractivity (Wildman–Crippen MR) is 115 cm³/mol. The van der Waals surface area contributed by atoms with E-state index in [4.69, 9.17) is 4.74 Å². The van der Waals surface area contributed by atoms with Gasteiger partial charge in [-0.2, -0.15) is 4.31 Å². The van der Waals surface area contributed by atoms with Gasteiger partial charge in [0.15, 0.2) is 0 Å². The highest BCUT2D eigenvalue weighted by molar-refractivity contribution is 9.10. The monoisotopic (exact) mass is 480 g/mol. The van der Waals surface area contributed by atoms with E-state index in [1.54, 1.807) is 24.3 Å². The second-order valence-electron chi connectivity index (χ2n) is 7.15. The van der Waals surface area contributed by atoms with Gasteiger partial charge in [0.25, 0.3) is 0 Å². The molecule has 0 saturated carbocycles. The third kappa shape index (κ3) is 6.12. The lowest BCUT2D eigenvalue weighted by Crippen LogP contribution is -2.42. The van der Waals surface area contributed by atoms with Crippen molar-refractivity contribution in [2.24, 2.45) is 0 Å². The van der Waals surface area contributed by atoms with E-state index < -0.39 is 10.0 Å². The van der Waals surface area contributed by atoms with E-state index in [-0.39, 0.29) is 30.0 Å². The quantitative estimate of drug-likeness (QED) is 0.628. The fraction of sp³-hybridized carbons (Fsp3) is 0.381. The van der Waals surface area contributed by atoms with Crippen LogP contribution in [-0.4, -0.2) is 44.4 Å². The molecule has 1 saturated heterocycles. The molecule has 1 N–H and O–H groups in total. The van der Waals surface area contributed by atoms with E-state index in [1.807, 2.05) is 31.2 Å². The predicted octanol–water partition coefficient (Wildman–Crippen LogP) is 3.24. The smallest absolute Gasteiger partial charge is 0.243 e. The van der Waals surface area contributed by atoms with E-state index in [9.17, 15) is 13.2 Å². The molecule has 0 aliphatic carbocycles. The molecule has 1 fully saturated rings. The van der Waals surface area contributed by atoms with Crippen LogP contribution >= 0.6 is 15.9 Å². The molecule has 1 amide bonds. The molecule has 1 aliphatic rings. The number of hydrogen-bond acceptors (Lipinski definition) is 4. The van der Waals surface area contributed by atoms with Crippen LogP contribution in [0.25, 0.3) is 0 Å². The zero-order valence-corrected chi connectivity index (χ0v) is 18.7. The van der Waals surface area contributed by atoms with Crippen molar-refractivity contribution in [1.29, 1.82) is 0 Å². The lowest BCUT2D eigenvalue weighted by atomic mass is 10.2. The molecule has 0 spiro atoms. The summed E-state index contributed by atoms with van der Waals surface area (Å²) in [5.74, 6) is -0.340. The Hall–Kier alpha value is -1.74. The van der Waals surface area contributed by atoms with Gasteiger partial charge in [-0.3, -0.25) is 4.79 Å². The van der Waals surface area contributed by atoms with Gasteiger partial charge in [0.05, 0.1) is 17.5 Å². The molecule has 29 heavy (non-hydrogen) atoms. The molecule has 156 valence electrons. The summed E-state index contributed by atoms with van der Waals surface area (Å²) in [6.45, 7) is 2.86. The third-order valence-corrected chi connectivity index (χ3v) is 7.14. The second-order valence-corrected chi connectivity index (χ2v) is 10.0. The first-order valence-electron chi connectivity index (χ1n) is 9.54. The normalized spacial score (nSPS) is 16.9. The summed E-state index contributed by atoms with van der Waals surface area (Å²) >= 11 is 3.38. The van der Waals surface area contributed by atoms with Crippen LogP contribution in [-0.2, 0) is 26.1 Å².